The monoisotopic (exact) mass is 87.0 g/mol. The second kappa shape index (κ2) is 4.14. The summed E-state index contributed by atoms with van der Waals surface area (Å²) < 4.78 is 8.19. The molecule has 27 valence electrons. The predicted molar refractivity (Wildman–Crippen MR) is 17.1 cm³/mol. The van der Waals surface area contributed by atoms with E-state index in [2.05, 4.69) is 19.6 Å². The Hall–Kier alpha value is 0.137. The highest BCUT2D eigenvalue weighted by molar-refractivity contribution is 5.98. The number of methoxy groups -OCH3 is 1. The molecule has 0 unspecified atom stereocenters. The number of hydrogen-bond acceptors (Lipinski definition) is 2. The second-order valence-corrected chi connectivity index (χ2v) is 0.594. The van der Waals surface area contributed by atoms with Gasteiger partial charge in [-0.2, -0.15) is 0 Å². The fourth-order valence-corrected chi connectivity index (χ4v) is 0.125. The van der Waals surface area contributed by atoms with Crippen molar-refractivity contribution in [3.8, 4) is 0 Å². The Bertz CT molecular complexity index is 15.1. The van der Waals surface area contributed by atoms with Crippen LogP contribution in [0.25, 0.3) is 0 Å². The SMILES string of the molecule is CO[C]O[Si]. The normalized spacial score (nSPS) is 8.40. The van der Waals surface area contributed by atoms with Gasteiger partial charge >= 0.3 is 0 Å². The van der Waals surface area contributed by atoms with Gasteiger partial charge in [0.15, 0.2) is 0 Å². The Morgan fingerprint density at radius 2 is 2.40 bits per heavy atom. The van der Waals surface area contributed by atoms with Crippen molar-refractivity contribution in [3.63, 3.8) is 0 Å². The van der Waals surface area contributed by atoms with Crippen LogP contribution in [0.1, 0.15) is 0 Å². The van der Waals surface area contributed by atoms with E-state index in [4.69, 9.17) is 0 Å². The molecule has 0 bridgehead atoms. The quantitative estimate of drug-likeness (QED) is 0.432. The van der Waals surface area contributed by atoms with Crippen molar-refractivity contribution in [2.24, 2.45) is 0 Å². The van der Waals surface area contributed by atoms with E-state index in [1.165, 1.54) is 7.11 Å². The molecule has 0 aromatic rings. The van der Waals surface area contributed by atoms with Crippen molar-refractivity contribution in [1.29, 1.82) is 0 Å². The molecule has 0 N–H and O–H groups in total. The first-order chi connectivity index (χ1) is 2.41. The minimum Gasteiger partial charge on any atom is -0.384 e. The lowest BCUT2D eigenvalue weighted by atomic mass is 11.4. The average molecular weight is 87.1 g/mol. The van der Waals surface area contributed by atoms with Crippen LogP contribution in [0.5, 0.6) is 0 Å². The van der Waals surface area contributed by atoms with Crippen LogP contribution < -0.4 is 0 Å². The third-order valence-corrected chi connectivity index (χ3v) is 0.208. The van der Waals surface area contributed by atoms with Crippen LogP contribution in [-0.2, 0) is 9.16 Å². The second-order valence-electron chi connectivity index (χ2n) is 0.390. The summed E-state index contributed by atoms with van der Waals surface area (Å²) in [6, 6.07) is 0. The first kappa shape index (κ1) is 5.14. The molecule has 0 heterocycles. The van der Waals surface area contributed by atoms with Gasteiger partial charge in [-0.1, -0.05) is 0 Å². The van der Waals surface area contributed by atoms with Crippen LogP contribution in [0.2, 0.25) is 0 Å². The van der Waals surface area contributed by atoms with Crippen molar-refractivity contribution >= 4 is 10.5 Å². The van der Waals surface area contributed by atoms with Crippen LogP contribution in [0.4, 0.5) is 0 Å². The van der Waals surface area contributed by atoms with E-state index in [1.54, 1.807) is 0 Å². The summed E-state index contributed by atoms with van der Waals surface area (Å²) in [6.07, 6.45) is 0. The van der Waals surface area contributed by atoms with Gasteiger partial charge in [-0.15, -0.1) is 0 Å². The van der Waals surface area contributed by atoms with Gasteiger partial charge in [0.1, 0.15) is 0 Å². The summed E-state index contributed by atoms with van der Waals surface area (Å²) in [4.78, 5) is 0. The molecule has 0 spiro atoms. The lowest BCUT2D eigenvalue weighted by molar-refractivity contribution is 0.144. The van der Waals surface area contributed by atoms with E-state index in [1.807, 2.05) is 6.79 Å². The zero-order chi connectivity index (χ0) is 4.12. The number of hydrogen-bond donors (Lipinski definition) is 0. The Balaban J connectivity index is 2.19. The van der Waals surface area contributed by atoms with Crippen molar-refractivity contribution in [2.75, 3.05) is 7.11 Å². The van der Waals surface area contributed by atoms with Gasteiger partial charge in [-0.25, -0.2) is 0 Å². The van der Waals surface area contributed by atoms with Gasteiger partial charge < -0.3 is 9.16 Å². The minimum absolute atomic E-state index is 1.44. The molecule has 5 heavy (non-hydrogen) atoms. The molecule has 0 aromatic heterocycles. The van der Waals surface area contributed by atoms with Gasteiger partial charge in [-0.05, 0) is 0 Å². The standard InChI is InChI=1S/C2H3O2Si/c1-3-2-4-5/h1H3. The molecule has 0 aromatic carbocycles. The zero-order valence-electron chi connectivity index (χ0n) is 2.82. The topological polar surface area (TPSA) is 18.5 Å². The summed E-state index contributed by atoms with van der Waals surface area (Å²) in [5.41, 5.74) is 0. The van der Waals surface area contributed by atoms with E-state index in [9.17, 15) is 0 Å². The fraction of sp³-hybridized carbons (Fsp3) is 0.500. The van der Waals surface area contributed by atoms with Gasteiger partial charge in [0.25, 0.3) is 17.3 Å². The van der Waals surface area contributed by atoms with Gasteiger partial charge in [0, 0.05) is 7.11 Å². The van der Waals surface area contributed by atoms with E-state index in [-0.39, 0.29) is 0 Å². The number of rotatable bonds is 2. The fourth-order valence-electron chi connectivity index (χ4n) is 0.0417. The van der Waals surface area contributed by atoms with Gasteiger partial charge in [-0.3, -0.25) is 0 Å². The molecule has 3 heteroatoms. The van der Waals surface area contributed by atoms with Crippen LogP contribution >= 0.6 is 0 Å². The lowest BCUT2D eigenvalue weighted by Crippen LogP contribution is -1.80. The van der Waals surface area contributed by atoms with Gasteiger partial charge in [0.2, 0.25) is 0 Å². The highest BCUT2D eigenvalue weighted by atomic mass is 28.2. The van der Waals surface area contributed by atoms with E-state index >= 15 is 0 Å². The maximum Gasteiger partial charge on any atom is 0.280 e. The maximum absolute atomic E-state index is 4.17. The summed E-state index contributed by atoms with van der Waals surface area (Å²) in [5.74, 6) is 0. The molecule has 0 rings (SSSR count). The molecule has 0 aliphatic heterocycles. The highest BCUT2D eigenvalue weighted by Gasteiger charge is 1.70. The largest absolute Gasteiger partial charge is 0.384 e. The third kappa shape index (κ3) is 4.14. The Labute approximate surface area is 34.6 Å². The highest BCUT2D eigenvalue weighted by Crippen LogP contribution is 1.69. The van der Waals surface area contributed by atoms with Crippen LogP contribution in [0.15, 0.2) is 0 Å². The molecule has 0 saturated carbocycles. The molecular weight excluding hydrogens is 84.1 g/mol. The van der Waals surface area contributed by atoms with Crippen molar-refractivity contribution < 1.29 is 9.16 Å². The van der Waals surface area contributed by atoms with Crippen LogP contribution in [0, 0.1) is 6.79 Å². The zero-order valence-corrected chi connectivity index (χ0v) is 3.82. The summed E-state index contributed by atoms with van der Waals surface area (Å²) in [6.45, 7) is 2.02. The molecule has 0 saturated heterocycles. The molecule has 0 fully saturated rings. The van der Waals surface area contributed by atoms with Crippen molar-refractivity contribution in [3.05, 3.63) is 6.79 Å². The van der Waals surface area contributed by atoms with E-state index in [0.717, 1.165) is 0 Å². The van der Waals surface area contributed by atoms with Crippen molar-refractivity contribution in [1.82, 2.24) is 0 Å². The van der Waals surface area contributed by atoms with Crippen LogP contribution in [-0.4, -0.2) is 17.6 Å². The average Bonchev–Trinajstić information content (AvgIpc) is 1.41. The molecular formula is C2H3O2Si. The molecule has 2 nitrogen and oxygen atoms in total. The first-order valence-corrected chi connectivity index (χ1v) is 1.43. The summed E-state index contributed by atoms with van der Waals surface area (Å²) >= 11 is 0. The van der Waals surface area contributed by atoms with E-state index < -0.39 is 0 Å². The smallest absolute Gasteiger partial charge is 0.280 e. The lowest BCUT2D eigenvalue weighted by Gasteiger charge is -1.82. The maximum atomic E-state index is 4.17. The molecule has 0 atom stereocenters. The molecule has 0 aliphatic rings. The molecule has 5 radical (unpaired) electrons. The predicted octanol–water partition coefficient (Wildman–Crippen LogP) is -0.271. The number of ether oxygens (including phenoxy) is 1. The Kier molecular flexibility index (Phi) is 4.25. The Morgan fingerprint density at radius 3 is 2.40 bits per heavy atom. The molecule has 0 aliphatic carbocycles. The van der Waals surface area contributed by atoms with E-state index in [0.29, 0.717) is 0 Å². The first-order valence-electron chi connectivity index (χ1n) is 1.02. The minimum atomic E-state index is 1.44. The van der Waals surface area contributed by atoms with Crippen LogP contribution in [0.3, 0.4) is 0 Å². The van der Waals surface area contributed by atoms with Crippen molar-refractivity contribution in [2.45, 2.75) is 0 Å². The molecule has 0 amide bonds. The van der Waals surface area contributed by atoms with Gasteiger partial charge in [0.05, 0.1) is 0 Å². The summed E-state index contributed by atoms with van der Waals surface area (Å²) in [7, 11) is 4.06. The summed E-state index contributed by atoms with van der Waals surface area (Å²) in [5, 5.41) is 0. The Morgan fingerprint density at radius 1 is 1.80 bits per heavy atom. The third-order valence-electron chi connectivity index (χ3n) is 0.125.